The number of benzene rings is 1. The largest absolute Gasteiger partial charge is 0.471 e. The molecule has 1 saturated heterocycles. The van der Waals surface area contributed by atoms with Crippen LogP contribution in [0.15, 0.2) is 30.9 Å². The van der Waals surface area contributed by atoms with Crippen molar-refractivity contribution >= 4 is 44.9 Å². The molecule has 1 aromatic heterocycles. The van der Waals surface area contributed by atoms with Crippen molar-refractivity contribution in [2.45, 2.75) is 139 Å². The molecule has 63 heavy (non-hydrogen) atoms. The third kappa shape index (κ3) is 8.78. The molecule has 7 rings (SSSR count). The SMILES string of the molecule is C=CC(F)(F)c1nc2ccc(C#N)cc2nc1O[C@@H]1C[C@@H](C(=O)N[C@]2(C(=O)NS(=O)(=O)C3(C)CC3)C[C@H]2C(F)F)N(C(=O)[C@@H](NC(=O)O[C@@H]2C[C@@H]3CC[C@@H]3[C@H]2CCC)C(C)(C)C)C1. The fourth-order valence-electron chi connectivity index (χ4n) is 9.35. The molecule has 0 spiro atoms. The number of ether oxygens (including phenoxy) is 2. The Bertz CT molecular complexity index is 2350. The summed E-state index contributed by atoms with van der Waals surface area (Å²) in [6.45, 7) is 11.1. The van der Waals surface area contributed by atoms with Crippen molar-refractivity contribution in [3.05, 3.63) is 42.1 Å². The summed E-state index contributed by atoms with van der Waals surface area (Å²) in [7, 11) is -4.33. The van der Waals surface area contributed by atoms with E-state index in [1.807, 2.05) is 10.8 Å². The van der Waals surface area contributed by atoms with E-state index in [9.17, 15) is 41.6 Å². The third-order valence-electron chi connectivity index (χ3n) is 13.7. The van der Waals surface area contributed by atoms with Crippen LogP contribution in [0.2, 0.25) is 0 Å². The van der Waals surface area contributed by atoms with Crippen LogP contribution in [-0.4, -0.2) is 94.6 Å². The molecule has 1 aliphatic heterocycles. The molecule has 0 bridgehead atoms. The molecule has 0 unspecified atom stereocenters. The molecule has 2 aromatic rings. The van der Waals surface area contributed by atoms with Crippen LogP contribution in [0.25, 0.3) is 11.0 Å². The van der Waals surface area contributed by atoms with Crippen LogP contribution >= 0.6 is 0 Å². The van der Waals surface area contributed by atoms with E-state index in [4.69, 9.17) is 9.47 Å². The molecule has 2 heterocycles. The Morgan fingerprint density at radius 3 is 2.40 bits per heavy atom. The number of allylic oxidation sites excluding steroid dienone is 1. The number of nitrogens with zero attached hydrogens (tertiary/aromatic N) is 4. The number of nitrogens with one attached hydrogen (secondary N) is 3. The highest BCUT2D eigenvalue weighted by Gasteiger charge is 2.67. The zero-order chi connectivity index (χ0) is 46.0. The normalized spacial score (nSPS) is 28.8. The van der Waals surface area contributed by atoms with Crippen molar-refractivity contribution in [2.24, 2.45) is 29.1 Å². The lowest BCUT2D eigenvalue weighted by Crippen LogP contribution is -2.60. The number of sulfonamides is 1. The Hall–Kier alpha value is -5.06. The number of amides is 4. The highest BCUT2D eigenvalue weighted by atomic mass is 32.2. The van der Waals surface area contributed by atoms with Gasteiger partial charge < -0.3 is 25.0 Å². The van der Waals surface area contributed by atoms with Gasteiger partial charge in [-0.3, -0.25) is 19.1 Å². The number of hydrogen-bond acceptors (Lipinski definition) is 11. The monoisotopic (exact) mass is 903 g/mol. The molecular weight excluding hydrogens is 851 g/mol. The van der Waals surface area contributed by atoms with Gasteiger partial charge in [-0.1, -0.05) is 40.7 Å². The molecule has 3 N–H and O–H groups in total. The number of rotatable bonds is 15. The molecule has 4 saturated carbocycles. The lowest BCUT2D eigenvalue weighted by molar-refractivity contribution is -0.143. The van der Waals surface area contributed by atoms with E-state index in [1.165, 1.54) is 25.1 Å². The summed E-state index contributed by atoms with van der Waals surface area (Å²) in [5, 5.41) is 14.5. The predicted octanol–water partition coefficient (Wildman–Crippen LogP) is 5.62. The average molecular weight is 904 g/mol. The second-order valence-electron chi connectivity index (χ2n) is 19.1. The van der Waals surface area contributed by atoms with Crippen LogP contribution in [0.1, 0.15) is 104 Å². The Labute approximate surface area is 363 Å². The van der Waals surface area contributed by atoms with E-state index in [2.05, 4.69) is 34.1 Å². The van der Waals surface area contributed by atoms with Crippen LogP contribution in [-0.2, 0) is 35.1 Å². The van der Waals surface area contributed by atoms with Crippen LogP contribution in [0, 0.1) is 40.4 Å². The fraction of sp³-hybridized carbons (Fsp3) is 0.651. The molecule has 15 nitrogen and oxygen atoms in total. The molecule has 5 fully saturated rings. The van der Waals surface area contributed by atoms with Gasteiger partial charge in [0, 0.05) is 6.42 Å². The van der Waals surface area contributed by atoms with Gasteiger partial charge >= 0.3 is 12.0 Å². The molecule has 0 radical (unpaired) electrons. The quantitative estimate of drug-likeness (QED) is 0.148. The summed E-state index contributed by atoms with van der Waals surface area (Å²) in [6.07, 6.45) is -1.44. The second kappa shape index (κ2) is 16.5. The second-order valence-corrected chi connectivity index (χ2v) is 21.3. The lowest BCUT2D eigenvalue weighted by atomic mass is 9.72. The Balaban J connectivity index is 1.20. The molecular formula is C43H53F4N7O8S. The predicted molar refractivity (Wildman–Crippen MR) is 218 cm³/mol. The van der Waals surface area contributed by atoms with Crippen LogP contribution in [0.4, 0.5) is 22.4 Å². The number of carbonyl (C=O) groups is 4. The fourth-order valence-corrected chi connectivity index (χ4v) is 10.7. The van der Waals surface area contributed by atoms with E-state index >= 15 is 8.78 Å². The Morgan fingerprint density at radius 2 is 1.83 bits per heavy atom. The molecule has 4 amide bonds. The Morgan fingerprint density at radius 1 is 1.11 bits per heavy atom. The van der Waals surface area contributed by atoms with E-state index < -0.39 is 117 Å². The topological polar surface area (TPSA) is 210 Å². The van der Waals surface area contributed by atoms with Crippen molar-refractivity contribution in [2.75, 3.05) is 6.54 Å². The van der Waals surface area contributed by atoms with Gasteiger partial charge in [-0.25, -0.2) is 32.0 Å². The first kappa shape index (κ1) is 45.9. The summed E-state index contributed by atoms with van der Waals surface area (Å²) in [5.74, 6) is -8.57. The number of alkyl halides is 4. The van der Waals surface area contributed by atoms with E-state index in [0.717, 1.165) is 30.6 Å². The lowest BCUT2D eigenvalue weighted by Gasteiger charge is -2.36. The van der Waals surface area contributed by atoms with Gasteiger partial charge in [0.05, 0.1) is 39.9 Å². The van der Waals surface area contributed by atoms with Gasteiger partial charge in [-0.15, -0.1) is 0 Å². The minimum Gasteiger partial charge on any atom is -0.471 e. The van der Waals surface area contributed by atoms with Crippen molar-refractivity contribution in [1.82, 2.24) is 30.2 Å². The summed E-state index contributed by atoms with van der Waals surface area (Å²) < 4.78 is 98.1. The maximum atomic E-state index is 15.4. The minimum absolute atomic E-state index is 0.00473. The highest BCUT2D eigenvalue weighted by molar-refractivity contribution is 7.91. The van der Waals surface area contributed by atoms with Gasteiger partial charge in [0.15, 0.2) is 5.69 Å². The molecule has 5 aliphatic rings. The van der Waals surface area contributed by atoms with Crippen molar-refractivity contribution in [3.8, 4) is 11.9 Å². The number of likely N-dealkylation sites (tertiary alicyclic amines) is 1. The van der Waals surface area contributed by atoms with Crippen LogP contribution in [0.5, 0.6) is 5.88 Å². The summed E-state index contributed by atoms with van der Waals surface area (Å²) in [4.78, 5) is 65.8. The first-order chi connectivity index (χ1) is 29.5. The van der Waals surface area contributed by atoms with Gasteiger partial charge in [0.1, 0.15) is 29.8 Å². The van der Waals surface area contributed by atoms with Gasteiger partial charge in [-0.05, 0) is 99.3 Å². The number of aromatic nitrogens is 2. The molecule has 4 aliphatic carbocycles. The number of hydrogen-bond donors (Lipinski definition) is 3. The maximum absolute atomic E-state index is 15.4. The van der Waals surface area contributed by atoms with E-state index in [0.29, 0.717) is 24.3 Å². The van der Waals surface area contributed by atoms with E-state index in [-0.39, 0.29) is 41.5 Å². The summed E-state index contributed by atoms with van der Waals surface area (Å²) in [5.41, 5.74) is -4.23. The number of alkyl carbamates (subject to hydrolysis) is 1. The van der Waals surface area contributed by atoms with Gasteiger partial charge in [0.2, 0.25) is 34.1 Å². The van der Waals surface area contributed by atoms with Crippen molar-refractivity contribution in [3.63, 3.8) is 0 Å². The maximum Gasteiger partial charge on any atom is 0.408 e. The van der Waals surface area contributed by atoms with Gasteiger partial charge in [-0.2, -0.15) is 14.0 Å². The molecule has 9 atom stereocenters. The summed E-state index contributed by atoms with van der Waals surface area (Å²) >= 11 is 0. The standard InChI is InChI=1S/C43H53F4N7O8S/c1-7-9-26-25-12-11-23(25)17-31(26)62-39(58)51-33(40(3,4)5)37(56)54-21-24(61-36-32(43(46,47)8-2)49-28-13-10-22(20-48)16-29(28)50-36)18-30(54)35(55)52-42(19-27(42)34(44)45)38(57)53-63(59,60)41(6)14-15-41/h8,10,13,16,23-27,30-31,33-34H,2,7,9,11-12,14-15,17-19,21H2,1,3-6H3,(H,51,58)(H,52,55)(H,53,57)/t23-,24+,25-,26+,27-,30-,31+,33+,42+/m0/s1. The third-order valence-corrected chi connectivity index (χ3v) is 15.8. The van der Waals surface area contributed by atoms with Crippen LogP contribution in [0.3, 0.4) is 0 Å². The first-order valence-electron chi connectivity index (χ1n) is 21.3. The number of fused-ring (bicyclic) bond motifs is 2. The van der Waals surface area contributed by atoms with Crippen molar-refractivity contribution < 1.29 is 54.6 Å². The molecule has 20 heteroatoms. The molecule has 1 aromatic carbocycles. The number of halogens is 4. The Kier molecular flexibility index (Phi) is 12.0. The minimum atomic E-state index is -4.33. The average Bonchev–Trinajstić information content (AvgIpc) is 4.08. The highest BCUT2D eigenvalue weighted by Crippen LogP contribution is 2.53. The van der Waals surface area contributed by atoms with Crippen molar-refractivity contribution in [1.29, 1.82) is 5.26 Å². The number of nitriles is 1. The zero-order valence-corrected chi connectivity index (χ0v) is 36.6. The van der Waals surface area contributed by atoms with Gasteiger partial charge in [0.25, 0.3) is 5.91 Å². The summed E-state index contributed by atoms with van der Waals surface area (Å²) in [6, 6.07) is 2.91. The van der Waals surface area contributed by atoms with Crippen LogP contribution < -0.4 is 20.1 Å². The smallest absolute Gasteiger partial charge is 0.408 e. The number of carbonyl (C=O) groups excluding carboxylic acids is 4. The van der Waals surface area contributed by atoms with E-state index in [1.54, 1.807) is 20.8 Å². The zero-order valence-electron chi connectivity index (χ0n) is 35.8. The molecule has 342 valence electrons. The first-order valence-corrected chi connectivity index (χ1v) is 22.8.